The van der Waals surface area contributed by atoms with Gasteiger partial charge in [-0.25, -0.2) is 4.98 Å². The first kappa shape index (κ1) is 14.4. The van der Waals surface area contributed by atoms with Crippen molar-refractivity contribution >= 4 is 44.8 Å². The molecule has 0 aliphatic heterocycles. The van der Waals surface area contributed by atoms with Crippen molar-refractivity contribution in [3.63, 3.8) is 0 Å². The molecule has 0 fully saturated rings. The molecule has 0 atom stereocenters. The molecule has 0 unspecified atom stereocenters. The van der Waals surface area contributed by atoms with Gasteiger partial charge in [-0.1, -0.05) is 11.6 Å². The van der Waals surface area contributed by atoms with E-state index in [1.165, 1.54) is 24.4 Å². The molecule has 20 heavy (non-hydrogen) atoms. The Morgan fingerprint density at radius 3 is 2.80 bits per heavy atom. The van der Waals surface area contributed by atoms with Crippen molar-refractivity contribution in [1.29, 1.82) is 0 Å². The minimum atomic E-state index is -0.616. The molecular weight excluding hydrogens is 350 g/mol. The molecule has 1 aromatic carbocycles. The summed E-state index contributed by atoms with van der Waals surface area (Å²) in [6.45, 7) is 0. The van der Waals surface area contributed by atoms with Crippen molar-refractivity contribution < 1.29 is 9.72 Å². The summed E-state index contributed by atoms with van der Waals surface area (Å²) in [4.78, 5) is 26.3. The number of halogens is 2. The first-order valence-electron chi connectivity index (χ1n) is 5.35. The smallest absolute Gasteiger partial charge is 0.294 e. The summed E-state index contributed by atoms with van der Waals surface area (Å²) in [6, 6.07) is 7.31. The van der Waals surface area contributed by atoms with E-state index >= 15 is 0 Å². The Kier molecular flexibility index (Phi) is 4.31. The lowest BCUT2D eigenvalue weighted by Gasteiger charge is -2.06. The molecule has 1 aromatic heterocycles. The van der Waals surface area contributed by atoms with Crippen LogP contribution in [-0.2, 0) is 0 Å². The summed E-state index contributed by atoms with van der Waals surface area (Å²) in [5.41, 5.74) is -0.0865. The number of nitro benzene ring substituents is 1. The van der Waals surface area contributed by atoms with E-state index in [0.717, 1.165) is 0 Å². The highest BCUT2D eigenvalue weighted by Crippen LogP contribution is 2.28. The molecule has 0 aliphatic carbocycles. The fourth-order valence-electron chi connectivity index (χ4n) is 1.50. The van der Waals surface area contributed by atoms with Crippen LogP contribution in [0, 0.1) is 10.1 Å². The molecule has 0 radical (unpaired) electrons. The number of carbonyl (C=O) groups is 1. The lowest BCUT2D eigenvalue weighted by Crippen LogP contribution is -2.15. The highest BCUT2D eigenvalue weighted by atomic mass is 79.9. The van der Waals surface area contributed by atoms with E-state index in [4.69, 9.17) is 11.6 Å². The summed E-state index contributed by atoms with van der Waals surface area (Å²) in [7, 11) is 0. The second kappa shape index (κ2) is 5.98. The minimum absolute atomic E-state index is 0.0574. The van der Waals surface area contributed by atoms with E-state index in [2.05, 4.69) is 26.2 Å². The highest BCUT2D eigenvalue weighted by molar-refractivity contribution is 9.10. The Morgan fingerprint density at radius 1 is 1.40 bits per heavy atom. The van der Waals surface area contributed by atoms with Gasteiger partial charge < -0.3 is 5.32 Å². The summed E-state index contributed by atoms with van der Waals surface area (Å²) in [6.07, 6.45) is 1.45. The average molecular weight is 357 g/mol. The quantitative estimate of drug-likeness (QED) is 0.672. The molecule has 2 rings (SSSR count). The lowest BCUT2D eigenvalue weighted by atomic mass is 10.2. The maximum Gasteiger partial charge on any atom is 0.294 e. The van der Waals surface area contributed by atoms with Crippen LogP contribution in [0.3, 0.4) is 0 Å². The van der Waals surface area contributed by atoms with Crippen LogP contribution < -0.4 is 5.32 Å². The van der Waals surface area contributed by atoms with Crippen LogP contribution >= 0.6 is 27.5 Å². The van der Waals surface area contributed by atoms with Crippen molar-refractivity contribution in [1.82, 2.24) is 4.98 Å². The van der Waals surface area contributed by atoms with Crippen molar-refractivity contribution in [2.75, 3.05) is 5.32 Å². The minimum Gasteiger partial charge on any atom is -0.315 e. The molecule has 1 amide bonds. The number of rotatable bonds is 3. The van der Waals surface area contributed by atoms with E-state index in [9.17, 15) is 14.9 Å². The lowest BCUT2D eigenvalue weighted by molar-refractivity contribution is -0.383. The van der Waals surface area contributed by atoms with Crippen LogP contribution in [0.25, 0.3) is 0 Å². The van der Waals surface area contributed by atoms with Gasteiger partial charge in [-0.3, -0.25) is 14.9 Å². The van der Waals surface area contributed by atoms with E-state index < -0.39 is 10.8 Å². The van der Waals surface area contributed by atoms with E-state index in [1.807, 2.05) is 0 Å². The van der Waals surface area contributed by atoms with Gasteiger partial charge in [0.1, 0.15) is 11.4 Å². The average Bonchev–Trinajstić information content (AvgIpc) is 2.41. The topological polar surface area (TPSA) is 85.1 Å². The standard InChI is InChI=1S/C12H7BrClN3O3/c13-8-2-1-5-15-11(8)12(18)16-9-4-3-7(14)6-10(9)17(19)20/h1-6H,(H,16,18). The van der Waals surface area contributed by atoms with Gasteiger partial charge in [0.05, 0.1) is 4.92 Å². The van der Waals surface area contributed by atoms with Gasteiger partial charge in [0.15, 0.2) is 0 Å². The molecule has 1 N–H and O–H groups in total. The highest BCUT2D eigenvalue weighted by Gasteiger charge is 2.18. The third-order valence-corrected chi connectivity index (χ3v) is 3.25. The zero-order chi connectivity index (χ0) is 14.7. The molecule has 0 saturated heterocycles. The zero-order valence-electron chi connectivity index (χ0n) is 9.84. The molecule has 0 aliphatic rings. The third kappa shape index (κ3) is 3.12. The SMILES string of the molecule is O=C(Nc1ccc(Cl)cc1[N+](=O)[O-])c1ncccc1Br. The molecule has 6 nitrogen and oxygen atoms in total. The molecule has 1 heterocycles. The number of hydrogen-bond donors (Lipinski definition) is 1. The first-order chi connectivity index (χ1) is 9.49. The Bertz CT molecular complexity index is 693. The predicted octanol–water partition coefficient (Wildman–Crippen LogP) is 3.66. The number of amides is 1. The molecule has 0 saturated carbocycles. The Labute approximate surface area is 127 Å². The number of nitro groups is 1. The molecule has 8 heteroatoms. The monoisotopic (exact) mass is 355 g/mol. The van der Waals surface area contributed by atoms with Crippen LogP contribution in [0.2, 0.25) is 5.02 Å². The van der Waals surface area contributed by atoms with Crippen molar-refractivity contribution in [2.45, 2.75) is 0 Å². The molecule has 102 valence electrons. The number of nitrogens with zero attached hydrogens (tertiary/aromatic N) is 2. The second-order valence-corrected chi connectivity index (χ2v) is 5.00. The fraction of sp³-hybridized carbons (Fsp3) is 0. The summed E-state index contributed by atoms with van der Waals surface area (Å²) < 4.78 is 0.495. The molecule has 2 aromatic rings. The Balaban J connectivity index is 2.33. The van der Waals surface area contributed by atoms with Gasteiger partial charge in [-0.05, 0) is 40.2 Å². The Hall–Kier alpha value is -1.99. The van der Waals surface area contributed by atoms with Gasteiger partial charge in [0, 0.05) is 21.8 Å². The number of carbonyl (C=O) groups excluding carboxylic acids is 1. The summed E-state index contributed by atoms with van der Waals surface area (Å²) in [5, 5.41) is 13.6. The summed E-state index contributed by atoms with van der Waals surface area (Å²) >= 11 is 8.89. The van der Waals surface area contributed by atoms with Crippen LogP contribution in [0.1, 0.15) is 10.5 Å². The fourth-order valence-corrected chi connectivity index (χ4v) is 2.10. The van der Waals surface area contributed by atoms with Crippen LogP contribution in [-0.4, -0.2) is 15.8 Å². The number of anilines is 1. The predicted molar refractivity (Wildman–Crippen MR) is 78.0 cm³/mol. The third-order valence-electron chi connectivity index (χ3n) is 2.38. The first-order valence-corrected chi connectivity index (χ1v) is 6.52. The van der Waals surface area contributed by atoms with E-state index in [-0.39, 0.29) is 22.1 Å². The van der Waals surface area contributed by atoms with Crippen molar-refractivity contribution in [3.05, 3.63) is 61.8 Å². The Morgan fingerprint density at radius 2 is 2.15 bits per heavy atom. The number of nitrogens with one attached hydrogen (secondary N) is 1. The number of hydrogen-bond acceptors (Lipinski definition) is 4. The van der Waals surface area contributed by atoms with E-state index in [0.29, 0.717) is 4.47 Å². The van der Waals surface area contributed by atoms with Crippen LogP contribution in [0.5, 0.6) is 0 Å². The van der Waals surface area contributed by atoms with Crippen LogP contribution in [0.4, 0.5) is 11.4 Å². The van der Waals surface area contributed by atoms with Gasteiger partial charge in [0.2, 0.25) is 0 Å². The van der Waals surface area contributed by atoms with Gasteiger partial charge in [0.25, 0.3) is 11.6 Å². The van der Waals surface area contributed by atoms with Crippen molar-refractivity contribution in [3.8, 4) is 0 Å². The zero-order valence-corrected chi connectivity index (χ0v) is 12.2. The van der Waals surface area contributed by atoms with E-state index in [1.54, 1.807) is 12.1 Å². The molecule has 0 spiro atoms. The maximum atomic E-state index is 12.0. The number of pyridine rings is 1. The normalized spacial score (nSPS) is 10.1. The number of aromatic nitrogens is 1. The summed E-state index contributed by atoms with van der Waals surface area (Å²) in [5.74, 6) is -0.553. The second-order valence-electron chi connectivity index (χ2n) is 3.71. The number of benzene rings is 1. The van der Waals surface area contributed by atoms with Crippen molar-refractivity contribution in [2.24, 2.45) is 0 Å². The van der Waals surface area contributed by atoms with Gasteiger partial charge in [-0.15, -0.1) is 0 Å². The van der Waals surface area contributed by atoms with Gasteiger partial charge >= 0.3 is 0 Å². The molecular formula is C12H7BrClN3O3. The largest absolute Gasteiger partial charge is 0.315 e. The maximum absolute atomic E-state index is 12.0. The van der Waals surface area contributed by atoms with Gasteiger partial charge in [-0.2, -0.15) is 0 Å². The van der Waals surface area contributed by atoms with Crippen LogP contribution in [0.15, 0.2) is 41.0 Å². The molecule has 0 bridgehead atoms.